The van der Waals surface area contributed by atoms with Gasteiger partial charge in [0.15, 0.2) is 11.0 Å². The molecular weight excluding hydrogens is 428 g/mol. The summed E-state index contributed by atoms with van der Waals surface area (Å²) in [6.45, 7) is 5.74. The number of carbonyl (C=O) groups is 1. The van der Waals surface area contributed by atoms with Crippen LogP contribution in [0.15, 0.2) is 58.6 Å². The molecule has 0 saturated heterocycles. The first-order valence-electron chi connectivity index (χ1n) is 10.4. The van der Waals surface area contributed by atoms with Crippen molar-refractivity contribution in [3.05, 3.63) is 48.5 Å². The second kappa shape index (κ2) is 9.78. The van der Waals surface area contributed by atoms with Gasteiger partial charge in [0.1, 0.15) is 5.75 Å². The summed E-state index contributed by atoms with van der Waals surface area (Å²) in [6.07, 6.45) is 0.975. The number of benzene rings is 2. The fraction of sp³-hybridized carbons (Fsp3) is 0.348. The summed E-state index contributed by atoms with van der Waals surface area (Å²) in [7, 11) is 1.65. The monoisotopic (exact) mass is 454 g/mol. The smallest absolute Gasteiger partial charge is 0.237 e. The van der Waals surface area contributed by atoms with Crippen molar-refractivity contribution in [1.29, 1.82) is 0 Å². The average Bonchev–Trinajstić information content (AvgIpc) is 3.13. The van der Waals surface area contributed by atoms with Gasteiger partial charge in [0.2, 0.25) is 5.91 Å². The number of rotatable bonds is 6. The van der Waals surface area contributed by atoms with Crippen LogP contribution in [0.2, 0.25) is 0 Å². The van der Waals surface area contributed by atoms with Gasteiger partial charge in [0.25, 0.3) is 0 Å². The molecule has 0 bridgehead atoms. The van der Waals surface area contributed by atoms with E-state index in [1.165, 1.54) is 16.7 Å². The number of nitrogens with zero attached hydrogens (tertiary/aromatic N) is 4. The molecule has 1 atom stereocenters. The topological polar surface area (TPSA) is 60.2 Å². The predicted octanol–water partition coefficient (Wildman–Crippen LogP) is 4.98. The summed E-state index contributed by atoms with van der Waals surface area (Å²) in [5.41, 5.74) is 1.99. The molecule has 1 amide bonds. The van der Waals surface area contributed by atoms with E-state index in [2.05, 4.69) is 30.1 Å². The molecule has 0 spiro atoms. The molecule has 2 aromatic carbocycles. The van der Waals surface area contributed by atoms with Gasteiger partial charge in [0, 0.05) is 28.8 Å². The number of hydrogen-bond donors (Lipinski definition) is 0. The zero-order valence-electron chi connectivity index (χ0n) is 17.9. The van der Waals surface area contributed by atoms with Gasteiger partial charge < -0.3 is 14.2 Å². The molecule has 0 unspecified atom stereocenters. The van der Waals surface area contributed by atoms with Crippen LogP contribution >= 0.6 is 23.5 Å². The third-order valence-corrected chi connectivity index (χ3v) is 7.44. The molecule has 1 aliphatic heterocycles. The zero-order valence-corrected chi connectivity index (χ0v) is 19.6. The summed E-state index contributed by atoms with van der Waals surface area (Å²) in [5.74, 6) is 2.03. The van der Waals surface area contributed by atoms with Gasteiger partial charge in [-0.25, -0.2) is 0 Å². The van der Waals surface area contributed by atoms with E-state index in [1.807, 2.05) is 63.7 Å². The second-order valence-electron chi connectivity index (χ2n) is 7.30. The van der Waals surface area contributed by atoms with Crippen LogP contribution in [0.25, 0.3) is 11.4 Å². The number of fused-ring (bicyclic) bond motifs is 1. The van der Waals surface area contributed by atoms with Crippen LogP contribution in [0.1, 0.15) is 20.3 Å². The maximum absolute atomic E-state index is 13.2. The Kier molecular flexibility index (Phi) is 6.87. The number of carbonyl (C=O) groups excluding carboxylic acids is 1. The predicted molar refractivity (Wildman–Crippen MR) is 127 cm³/mol. The minimum Gasteiger partial charge on any atom is -0.497 e. The first-order valence-corrected chi connectivity index (χ1v) is 12.2. The number of amides is 1. The number of para-hydroxylation sites is 1. The van der Waals surface area contributed by atoms with Gasteiger partial charge in [-0.2, -0.15) is 0 Å². The van der Waals surface area contributed by atoms with Crippen molar-refractivity contribution in [2.75, 3.05) is 24.3 Å². The number of thioether (sulfide) groups is 2. The number of hydrogen-bond acceptors (Lipinski definition) is 6. The molecule has 1 aromatic heterocycles. The SMILES string of the molecule is CCn1c(SCC(=O)N2CC[C@H](C)Sc3ccccc32)nnc1-c1ccc(OC)cc1. The molecule has 4 rings (SSSR count). The van der Waals surface area contributed by atoms with Crippen LogP contribution in [-0.4, -0.2) is 45.3 Å². The first-order chi connectivity index (χ1) is 15.1. The maximum atomic E-state index is 13.2. The summed E-state index contributed by atoms with van der Waals surface area (Å²) in [6, 6.07) is 15.9. The summed E-state index contributed by atoms with van der Waals surface area (Å²) in [4.78, 5) is 16.3. The van der Waals surface area contributed by atoms with Gasteiger partial charge in [-0.05, 0) is 49.7 Å². The number of anilines is 1. The van der Waals surface area contributed by atoms with Crippen LogP contribution in [0, 0.1) is 0 Å². The average molecular weight is 455 g/mol. The quantitative estimate of drug-likeness (QED) is 0.490. The number of methoxy groups -OCH3 is 1. The van der Waals surface area contributed by atoms with Crippen molar-refractivity contribution >= 4 is 35.1 Å². The Morgan fingerprint density at radius 1 is 1.19 bits per heavy atom. The van der Waals surface area contributed by atoms with E-state index in [-0.39, 0.29) is 5.91 Å². The van der Waals surface area contributed by atoms with Crippen LogP contribution in [0.5, 0.6) is 5.75 Å². The Hall–Kier alpha value is -2.45. The normalized spacial score (nSPS) is 16.0. The van der Waals surface area contributed by atoms with E-state index >= 15 is 0 Å². The van der Waals surface area contributed by atoms with Gasteiger partial charge in [-0.1, -0.05) is 30.8 Å². The lowest BCUT2D eigenvalue weighted by Gasteiger charge is -2.22. The lowest BCUT2D eigenvalue weighted by Crippen LogP contribution is -2.33. The standard InChI is InChI=1S/C23H26N4O2S2/c1-4-26-22(17-9-11-18(29-3)12-10-17)24-25-23(26)30-15-21(28)27-14-13-16(2)31-20-8-6-5-7-19(20)27/h5-12,16H,4,13-15H2,1-3H3/t16-/m0/s1. The minimum atomic E-state index is 0.101. The van der Waals surface area contributed by atoms with Crippen molar-refractivity contribution in [1.82, 2.24) is 14.8 Å². The molecule has 2 heterocycles. The van der Waals surface area contributed by atoms with E-state index < -0.39 is 0 Å². The highest BCUT2D eigenvalue weighted by atomic mass is 32.2. The van der Waals surface area contributed by atoms with Gasteiger partial charge >= 0.3 is 0 Å². The highest BCUT2D eigenvalue weighted by molar-refractivity contribution is 8.00. The molecule has 0 fully saturated rings. The van der Waals surface area contributed by atoms with E-state index in [9.17, 15) is 4.79 Å². The van der Waals surface area contributed by atoms with Crippen LogP contribution in [0.3, 0.4) is 0 Å². The molecule has 3 aromatic rings. The van der Waals surface area contributed by atoms with Crippen molar-refractivity contribution in [3.63, 3.8) is 0 Å². The summed E-state index contributed by atoms with van der Waals surface area (Å²) < 4.78 is 7.29. The molecule has 31 heavy (non-hydrogen) atoms. The second-order valence-corrected chi connectivity index (χ2v) is 9.72. The molecule has 0 saturated carbocycles. The lowest BCUT2D eigenvalue weighted by molar-refractivity contribution is -0.116. The number of ether oxygens (including phenoxy) is 1. The van der Waals surface area contributed by atoms with Crippen LogP contribution in [0.4, 0.5) is 5.69 Å². The fourth-order valence-corrected chi connectivity index (χ4v) is 5.58. The largest absolute Gasteiger partial charge is 0.497 e. The van der Waals surface area contributed by atoms with Gasteiger partial charge in [-0.3, -0.25) is 4.79 Å². The Labute approximate surface area is 191 Å². The maximum Gasteiger partial charge on any atom is 0.237 e. The molecule has 162 valence electrons. The molecule has 6 nitrogen and oxygen atoms in total. The summed E-state index contributed by atoms with van der Waals surface area (Å²) >= 11 is 3.29. The summed E-state index contributed by atoms with van der Waals surface area (Å²) in [5, 5.41) is 10.00. The Bertz CT molecular complexity index is 1050. The van der Waals surface area contributed by atoms with Crippen molar-refractivity contribution in [2.24, 2.45) is 0 Å². The lowest BCUT2D eigenvalue weighted by atomic mass is 10.2. The van der Waals surface area contributed by atoms with E-state index in [0.717, 1.165) is 47.5 Å². The Balaban J connectivity index is 1.50. The van der Waals surface area contributed by atoms with Gasteiger partial charge in [0.05, 0.1) is 18.6 Å². The van der Waals surface area contributed by atoms with Crippen molar-refractivity contribution in [3.8, 4) is 17.1 Å². The number of aromatic nitrogens is 3. The van der Waals surface area contributed by atoms with E-state index in [0.29, 0.717) is 11.0 Å². The molecule has 8 heteroatoms. The van der Waals surface area contributed by atoms with E-state index in [1.54, 1.807) is 7.11 Å². The fourth-order valence-electron chi connectivity index (χ4n) is 3.58. The van der Waals surface area contributed by atoms with Crippen molar-refractivity contribution < 1.29 is 9.53 Å². The Morgan fingerprint density at radius 3 is 2.71 bits per heavy atom. The molecule has 0 radical (unpaired) electrons. The third-order valence-electron chi connectivity index (χ3n) is 5.25. The third kappa shape index (κ3) is 4.75. The minimum absolute atomic E-state index is 0.101. The van der Waals surface area contributed by atoms with Crippen molar-refractivity contribution in [2.45, 2.75) is 42.1 Å². The molecular formula is C23H26N4O2S2. The highest BCUT2D eigenvalue weighted by Gasteiger charge is 2.25. The highest BCUT2D eigenvalue weighted by Crippen LogP contribution is 2.37. The van der Waals surface area contributed by atoms with Gasteiger partial charge in [-0.15, -0.1) is 22.0 Å². The molecule has 0 N–H and O–H groups in total. The molecule has 1 aliphatic rings. The molecule has 0 aliphatic carbocycles. The van der Waals surface area contributed by atoms with Crippen LogP contribution < -0.4 is 9.64 Å². The van der Waals surface area contributed by atoms with Crippen LogP contribution in [-0.2, 0) is 11.3 Å². The first kappa shape index (κ1) is 21.8. The zero-order chi connectivity index (χ0) is 21.8. The van der Waals surface area contributed by atoms with E-state index in [4.69, 9.17) is 4.74 Å². The Morgan fingerprint density at radius 2 is 1.97 bits per heavy atom.